The normalized spacial score (nSPS) is 24.7. The van der Waals surface area contributed by atoms with Crippen molar-refractivity contribution in [3.05, 3.63) is 0 Å². The summed E-state index contributed by atoms with van der Waals surface area (Å²) in [7, 11) is 1.31. The average molecular weight is 200 g/mol. The van der Waals surface area contributed by atoms with Crippen molar-refractivity contribution in [3.8, 4) is 0 Å². The molecular formula is C10H16O4. The van der Waals surface area contributed by atoms with Gasteiger partial charge in [-0.1, -0.05) is 13.8 Å². The molecule has 1 fully saturated rings. The molecule has 4 heteroatoms. The first-order valence-corrected chi connectivity index (χ1v) is 4.80. The number of cyclic esters (lactones) is 1. The Kier molecular flexibility index (Phi) is 3.13. The van der Waals surface area contributed by atoms with Gasteiger partial charge in [0.25, 0.3) is 0 Å². The van der Waals surface area contributed by atoms with E-state index in [0.717, 1.165) is 6.42 Å². The van der Waals surface area contributed by atoms with Gasteiger partial charge in [0, 0.05) is 0 Å². The van der Waals surface area contributed by atoms with Gasteiger partial charge < -0.3 is 9.47 Å². The van der Waals surface area contributed by atoms with Crippen LogP contribution in [-0.2, 0) is 19.1 Å². The van der Waals surface area contributed by atoms with Crippen LogP contribution in [0.5, 0.6) is 0 Å². The third-order valence-corrected chi connectivity index (χ3v) is 2.40. The van der Waals surface area contributed by atoms with E-state index in [1.807, 2.05) is 0 Å². The van der Waals surface area contributed by atoms with Crippen LogP contribution >= 0.6 is 0 Å². The molecule has 1 saturated heterocycles. The Morgan fingerprint density at radius 3 is 2.50 bits per heavy atom. The van der Waals surface area contributed by atoms with Crippen LogP contribution in [-0.4, -0.2) is 24.6 Å². The standard InChI is InChI=1S/C10H16O4/c1-7(2)4-5-10(9(12)14-10)6-8(11)13-3/h7H,4-6H2,1-3H3. The summed E-state index contributed by atoms with van der Waals surface area (Å²) >= 11 is 0. The van der Waals surface area contributed by atoms with E-state index in [9.17, 15) is 9.59 Å². The molecule has 0 aromatic heterocycles. The highest BCUT2D eigenvalue weighted by Crippen LogP contribution is 2.38. The predicted molar refractivity (Wildman–Crippen MR) is 49.5 cm³/mol. The fourth-order valence-corrected chi connectivity index (χ4v) is 1.33. The van der Waals surface area contributed by atoms with Crippen LogP contribution in [0.15, 0.2) is 0 Å². The zero-order valence-corrected chi connectivity index (χ0v) is 8.83. The summed E-state index contributed by atoms with van der Waals surface area (Å²) in [5, 5.41) is 0. The van der Waals surface area contributed by atoms with Gasteiger partial charge in [0.05, 0.1) is 13.5 Å². The van der Waals surface area contributed by atoms with Crippen LogP contribution in [0.2, 0.25) is 0 Å². The minimum atomic E-state index is -0.850. The lowest BCUT2D eigenvalue weighted by Gasteiger charge is -2.08. The van der Waals surface area contributed by atoms with E-state index >= 15 is 0 Å². The van der Waals surface area contributed by atoms with Crippen molar-refractivity contribution in [2.24, 2.45) is 5.92 Å². The van der Waals surface area contributed by atoms with Gasteiger partial charge in [-0.2, -0.15) is 0 Å². The van der Waals surface area contributed by atoms with Crippen molar-refractivity contribution in [2.45, 2.75) is 38.7 Å². The van der Waals surface area contributed by atoms with Crippen LogP contribution in [0, 0.1) is 5.92 Å². The van der Waals surface area contributed by atoms with Gasteiger partial charge in [-0.15, -0.1) is 0 Å². The molecule has 1 rings (SSSR count). The zero-order chi connectivity index (χ0) is 10.8. The SMILES string of the molecule is COC(=O)CC1(CCC(C)C)OC1=O. The molecule has 0 aromatic rings. The van der Waals surface area contributed by atoms with Crippen molar-refractivity contribution < 1.29 is 19.1 Å². The lowest BCUT2D eigenvalue weighted by molar-refractivity contribution is -0.142. The van der Waals surface area contributed by atoms with Gasteiger partial charge in [-0.25, -0.2) is 4.79 Å². The number of carbonyl (C=O) groups is 2. The second-order valence-electron chi connectivity index (χ2n) is 4.07. The molecule has 0 saturated carbocycles. The Morgan fingerprint density at radius 1 is 1.57 bits per heavy atom. The Hall–Kier alpha value is -1.06. The quantitative estimate of drug-likeness (QED) is 0.495. The molecular weight excluding hydrogens is 184 g/mol. The van der Waals surface area contributed by atoms with E-state index < -0.39 is 5.60 Å². The Morgan fingerprint density at radius 2 is 2.14 bits per heavy atom. The monoisotopic (exact) mass is 200 g/mol. The largest absolute Gasteiger partial charge is 0.469 e. The predicted octanol–water partition coefficient (Wildman–Crippen LogP) is 1.28. The van der Waals surface area contributed by atoms with Crippen molar-refractivity contribution in [2.75, 3.05) is 7.11 Å². The minimum absolute atomic E-state index is 0.0506. The van der Waals surface area contributed by atoms with Crippen LogP contribution in [0.1, 0.15) is 33.1 Å². The van der Waals surface area contributed by atoms with Crippen LogP contribution in [0.4, 0.5) is 0 Å². The molecule has 1 aliphatic rings. The highest BCUT2D eigenvalue weighted by molar-refractivity contribution is 5.96. The average Bonchev–Trinajstić information content (AvgIpc) is 2.74. The summed E-state index contributed by atoms with van der Waals surface area (Å²) < 4.78 is 9.40. The molecule has 4 nitrogen and oxygen atoms in total. The first-order chi connectivity index (χ1) is 6.50. The molecule has 80 valence electrons. The van der Waals surface area contributed by atoms with Gasteiger partial charge in [0.1, 0.15) is 0 Å². The van der Waals surface area contributed by atoms with Gasteiger partial charge >= 0.3 is 11.9 Å². The number of hydrogen-bond acceptors (Lipinski definition) is 4. The lowest BCUT2D eigenvalue weighted by atomic mass is 9.95. The molecule has 0 spiro atoms. The molecule has 14 heavy (non-hydrogen) atoms. The fraction of sp³-hybridized carbons (Fsp3) is 0.800. The Balaban J connectivity index is 2.44. The zero-order valence-electron chi connectivity index (χ0n) is 8.83. The van der Waals surface area contributed by atoms with E-state index in [0.29, 0.717) is 12.3 Å². The number of epoxide rings is 1. The summed E-state index contributed by atoms with van der Waals surface area (Å²) in [4.78, 5) is 22.0. The lowest BCUT2D eigenvalue weighted by Crippen LogP contribution is -2.20. The molecule has 0 aliphatic carbocycles. The smallest absolute Gasteiger partial charge is 0.352 e. The molecule has 0 amide bonds. The number of carbonyl (C=O) groups excluding carboxylic acids is 2. The summed E-state index contributed by atoms with van der Waals surface area (Å²) in [5.41, 5.74) is -0.850. The minimum Gasteiger partial charge on any atom is -0.469 e. The van der Waals surface area contributed by atoms with E-state index in [1.54, 1.807) is 0 Å². The number of ether oxygens (including phenoxy) is 2. The maximum Gasteiger partial charge on any atom is 0.352 e. The van der Waals surface area contributed by atoms with Crippen molar-refractivity contribution in [1.82, 2.24) is 0 Å². The maximum atomic E-state index is 11.0. The number of methoxy groups -OCH3 is 1. The molecule has 0 bridgehead atoms. The highest BCUT2D eigenvalue weighted by Gasteiger charge is 2.58. The Bertz CT molecular complexity index is 247. The fourth-order valence-electron chi connectivity index (χ4n) is 1.33. The summed E-state index contributed by atoms with van der Waals surface area (Å²) in [5.74, 6) is -0.162. The molecule has 1 unspecified atom stereocenters. The van der Waals surface area contributed by atoms with Gasteiger partial charge in [0.15, 0.2) is 0 Å². The van der Waals surface area contributed by atoms with Crippen molar-refractivity contribution in [3.63, 3.8) is 0 Å². The third kappa shape index (κ3) is 2.47. The number of rotatable bonds is 5. The third-order valence-electron chi connectivity index (χ3n) is 2.40. The first kappa shape index (κ1) is 11.0. The van der Waals surface area contributed by atoms with Gasteiger partial charge in [-0.3, -0.25) is 4.79 Å². The van der Waals surface area contributed by atoms with Crippen LogP contribution in [0.3, 0.4) is 0 Å². The molecule has 1 heterocycles. The topological polar surface area (TPSA) is 55.9 Å². The summed E-state index contributed by atoms with van der Waals surface area (Å²) in [6, 6.07) is 0. The second kappa shape index (κ2) is 3.98. The molecule has 0 radical (unpaired) electrons. The Labute approximate surface area is 83.6 Å². The second-order valence-corrected chi connectivity index (χ2v) is 4.07. The van der Waals surface area contributed by atoms with Crippen molar-refractivity contribution in [1.29, 1.82) is 0 Å². The van der Waals surface area contributed by atoms with E-state index in [1.165, 1.54) is 7.11 Å². The summed E-state index contributed by atoms with van der Waals surface area (Å²) in [6.45, 7) is 4.14. The molecule has 0 aromatic carbocycles. The van der Waals surface area contributed by atoms with Crippen molar-refractivity contribution >= 4 is 11.9 Å². The van der Waals surface area contributed by atoms with E-state index in [-0.39, 0.29) is 18.4 Å². The maximum absolute atomic E-state index is 11.0. The highest BCUT2D eigenvalue weighted by atomic mass is 16.7. The molecule has 1 atom stereocenters. The number of hydrogen-bond donors (Lipinski definition) is 0. The first-order valence-electron chi connectivity index (χ1n) is 4.80. The van der Waals surface area contributed by atoms with E-state index in [4.69, 9.17) is 4.74 Å². The summed E-state index contributed by atoms with van der Waals surface area (Å²) in [6.07, 6.45) is 1.54. The van der Waals surface area contributed by atoms with Gasteiger partial charge in [-0.05, 0) is 18.8 Å². The molecule has 0 N–H and O–H groups in total. The number of esters is 1. The van der Waals surface area contributed by atoms with Crippen LogP contribution in [0.25, 0.3) is 0 Å². The van der Waals surface area contributed by atoms with E-state index in [2.05, 4.69) is 18.6 Å². The van der Waals surface area contributed by atoms with Gasteiger partial charge in [0.2, 0.25) is 5.60 Å². The van der Waals surface area contributed by atoms with Crippen LogP contribution < -0.4 is 0 Å². The molecule has 1 aliphatic heterocycles.